The Morgan fingerprint density at radius 3 is 1.73 bits per heavy atom. The first kappa shape index (κ1) is 40.3. The average molecular weight is 755 g/mol. The van der Waals surface area contributed by atoms with E-state index >= 15 is 0 Å². The molecule has 0 bridgehead atoms. The molecule has 0 atom stereocenters. The Labute approximate surface area is 319 Å². The summed E-state index contributed by atoms with van der Waals surface area (Å²) in [6.07, 6.45) is 7.41. The molecule has 0 unspecified atom stereocenters. The van der Waals surface area contributed by atoms with Gasteiger partial charge in [0.2, 0.25) is 0 Å². The molecule has 3 aliphatic rings. The quantitative estimate of drug-likeness (QED) is 0.187. The summed E-state index contributed by atoms with van der Waals surface area (Å²) in [5.41, 5.74) is 18.9. The molecule has 48 heavy (non-hydrogen) atoms. The van der Waals surface area contributed by atoms with Gasteiger partial charge in [0.25, 0.3) is 0 Å². The third-order valence-corrected chi connectivity index (χ3v) is 10.4. The van der Waals surface area contributed by atoms with Crippen molar-refractivity contribution in [3.63, 3.8) is 0 Å². The first-order valence-corrected chi connectivity index (χ1v) is 18.2. The van der Waals surface area contributed by atoms with Crippen molar-refractivity contribution >= 4 is 14.9 Å². The van der Waals surface area contributed by atoms with E-state index in [1.165, 1.54) is 96.6 Å². The number of fused-ring (bicyclic) bond motifs is 5. The number of rotatable bonds is 1. The van der Waals surface area contributed by atoms with Crippen LogP contribution in [0.15, 0.2) is 78.9 Å². The molecular weight excluding hydrogens is 703 g/mol. The van der Waals surface area contributed by atoms with Crippen molar-refractivity contribution in [1.29, 1.82) is 0 Å². The summed E-state index contributed by atoms with van der Waals surface area (Å²) in [4.78, 5) is 0. The van der Waals surface area contributed by atoms with Gasteiger partial charge in [0, 0.05) is 5.41 Å². The SMILES string of the molecule is CC(C)(C)C1=[C-]C(C)(C)c2cc3c(cc21)-c1cc2c(cc1C3)C(C)(C)C=C2C(C)(C)C.Cc1c[cH-]c(C)c1.[Cl-].[Cl-].[Zr+2]=[CH]c1ccccc1. The molecule has 0 radical (unpaired) electrons. The van der Waals surface area contributed by atoms with Gasteiger partial charge in [-0.15, -0.1) is 11.6 Å². The molecule has 0 fully saturated rings. The Morgan fingerprint density at radius 1 is 0.729 bits per heavy atom. The molecule has 4 aromatic rings. The van der Waals surface area contributed by atoms with E-state index in [2.05, 4.69) is 166 Å². The predicted octanol–water partition coefficient (Wildman–Crippen LogP) is 5.92. The normalized spacial score (nSPS) is 15.8. The van der Waals surface area contributed by atoms with Gasteiger partial charge in [-0.25, -0.2) is 17.2 Å². The first-order chi connectivity index (χ1) is 21.3. The molecule has 7 rings (SSSR count). The Kier molecular flexibility index (Phi) is 12.2. The van der Waals surface area contributed by atoms with Crippen molar-refractivity contribution < 1.29 is 49.0 Å². The van der Waals surface area contributed by atoms with Crippen LogP contribution in [0.3, 0.4) is 0 Å². The summed E-state index contributed by atoms with van der Waals surface area (Å²) in [6.45, 7) is 27.6. The maximum atomic E-state index is 3.85. The van der Waals surface area contributed by atoms with Crippen molar-refractivity contribution in [2.24, 2.45) is 10.8 Å². The molecule has 3 heteroatoms. The summed E-state index contributed by atoms with van der Waals surface area (Å²) < 4.78 is 2.17. The molecule has 252 valence electrons. The zero-order valence-electron chi connectivity index (χ0n) is 31.0. The van der Waals surface area contributed by atoms with Crippen LogP contribution in [-0.4, -0.2) is 3.71 Å². The Balaban J connectivity index is 0.000000304. The average Bonchev–Trinajstić information content (AvgIpc) is 3.68. The summed E-state index contributed by atoms with van der Waals surface area (Å²) >= 11 is 1.46. The maximum absolute atomic E-state index is 3.85. The molecular formula is C45H52Cl2Zr-2. The zero-order chi connectivity index (χ0) is 33.8. The number of hydrogen-bond acceptors (Lipinski definition) is 0. The van der Waals surface area contributed by atoms with Gasteiger partial charge in [-0.05, 0) is 62.3 Å². The van der Waals surface area contributed by atoms with E-state index in [0.717, 1.165) is 6.42 Å². The van der Waals surface area contributed by atoms with Crippen molar-refractivity contribution in [2.75, 3.05) is 0 Å². The summed E-state index contributed by atoms with van der Waals surface area (Å²) in [7, 11) is 0. The number of aryl methyl sites for hydroxylation is 2. The second-order valence-corrected chi connectivity index (χ2v) is 17.4. The van der Waals surface area contributed by atoms with Crippen LogP contribution in [0, 0.1) is 30.8 Å². The van der Waals surface area contributed by atoms with Crippen LogP contribution in [0.25, 0.3) is 22.3 Å². The van der Waals surface area contributed by atoms with Crippen molar-refractivity contribution in [1.82, 2.24) is 0 Å². The Hall–Kier alpha value is -2.18. The van der Waals surface area contributed by atoms with Crippen LogP contribution in [0.5, 0.6) is 0 Å². The van der Waals surface area contributed by atoms with Gasteiger partial charge in [0.1, 0.15) is 0 Å². The number of halogens is 2. The van der Waals surface area contributed by atoms with Gasteiger partial charge in [-0.3, -0.25) is 6.08 Å². The Bertz CT molecular complexity index is 1740. The molecule has 0 N–H and O–H groups in total. The molecule has 0 spiro atoms. The summed E-state index contributed by atoms with van der Waals surface area (Å²) in [5, 5.41) is 0. The van der Waals surface area contributed by atoms with E-state index in [1.54, 1.807) is 0 Å². The van der Waals surface area contributed by atoms with Gasteiger partial charge in [-0.2, -0.15) is 23.3 Å². The molecule has 0 heterocycles. The van der Waals surface area contributed by atoms with E-state index in [4.69, 9.17) is 0 Å². The minimum atomic E-state index is -0.0202. The molecule has 0 saturated carbocycles. The van der Waals surface area contributed by atoms with E-state index in [1.807, 2.05) is 6.07 Å². The second-order valence-electron chi connectivity index (χ2n) is 16.7. The molecule has 0 amide bonds. The van der Waals surface area contributed by atoms with Gasteiger partial charge in [-0.1, -0.05) is 107 Å². The molecule has 0 aliphatic heterocycles. The van der Waals surface area contributed by atoms with E-state index < -0.39 is 0 Å². The third kappa shape index (κ3) is 8.23. The summed E-state index contributed by atoms with van der Waals surface area (Å²) in [5.74, 6) is 0. The zero-order valence-corrected chi connectivity index (χ0v) is 35.0. The standard InChI is InChI=1S/C31H37.C7H9.C7H6.2ClH.Zr/c1-28(2,3)26-16-30(7,8)24-12-18-11-19-13-25-23(15-21(19)20(18)14-22(24)26)27(29(4,5)6)17-31(25,9)10;1-6-3-4-7(2)5-6;1-7-5-3-2-4-6-7;;;/h12-16H,11H2,1-10H3;3-5H,1-2H3;1-6H;2*1H;/q2*-1;;;;+2/p-2. The van der Waals surface area contributed by atoms with Gasteiger partial charge >= 0.3 is 63.8 Å². The van der Waals surface area contributed by atoms with Crippen LogP contribution in [0.4, 0.5) is 0 Å². The van der Waals surface area contributed by atoms with Crippen molar-refractivity contribution in [3.05, 3.63) is 135 Å². The van der Waals surface area contributed by atoms with Gasteiger partial charge < -0.3 is 24.8 Å². The number of benzene rings is 3. The van der Waals surface area contributed by atoms with Crippen molar-refractivity contribution in [3.8, 4) is 11.1 Å². The first-order valence-electron chi connectivity index (χ1n) is 16.8. The fourth-order valence-corrected chi connectivity index (χ4v) is 7.68. The van der Waals surface area contributed by atoms with Gasteiger partial charge in [0.15, 0.2) is 0 Å². The monoisotopic (exact) mass is 752 g/mol. The van der Waals surface area contributed by atoms with E-state index in [-0.39, 0.29) is 46.5 Å². The minimum absolute atomic E-state index is 0. The fourth-order valence-electron chi connectivity index (χ4n) is 7.21. The van der Waals surface area contributed by atoms with Crippen LogP contribution in [0.1, 0.15) is 119 Å². The summed E-state index contributed by atoms with van der Waals surface area (Å²) in [6, 6.07) is 26.8. The van der Waals surface area contributed by atoms with E-state index in [9.17, 15) is 0 Å². The van der Waals surface area contributed by atoms with E-state index in [0.29, 0.717) is 0 Å². The molecule has 0 saturated heterocycles. The molecule has 0 aromatic heterocycles. The third-order valence-electron chi connectivity index (χ3n) is 9.62. The molecule has 0 nitrogen and oxygen atoms in total. The predicted molar refractivity (Wildman–Crippen MR) is 197 cm³/mol. The molecule has 3 aliphatic carbocycles. The second kappa shape index (κ2) is 14.6. The van der Waals surface area contributed by atoms with Crippen molar-refractivity contribution in [2.45, 2.75) is 100 Å². The Morgan fingerprint density at radius 2 is 1.29 bits per heavy atom. The number of allylic oxidation sites excluding steroid dienone is 4. The van der Waals surface area contributed by atoms with Crippen LogP contribution < -0.4 is 24.8 Å². The van der Waals surface area contributed by atoms with Gasteiger partial charge in [0.05, 0.1) is 0 Å². The van der Waals surface area contributed by atoms with Crippen LogP contribution in [-0.2, 0) is 41.5 Å². The fraction of sp³-hybridized carbons (Fsp3) is 0.378. The van der Waals surface area contributed by atoms with Crippen LogP contribution >= 0.6 is 0 Å². The number of hydrogen-bond donors (Lipinski definition) is 0. The molecule has 4 aromatic carbocycles. The topological polar surface area (TPSA) is 0 Å². The van der Waals surface area contributed by atoms with Crippen LogP contribution in [0.2, 0.25) is 0 Å².